The standard InChI is InChI=1S/C15H20N4O2/c1-4-9-19-14(20)8-7-13(17-19)15(21)16-10-12-6-5-11(2)18(12)3/h5-8H,4,9-10H2,1-3H3,(H,16,21). The van der Waals surface area contributed by atoms with Crippen LogP contribution >= 0.6 is 0 Å². The minimum Gasteiger partial charge on any atom is -0.350 e. The molecule has 1 amide bonds. The topological polar surface area (TPSA) is 68.9 Å². The number of aryl methyl sites for hydroxylation is 2. The van der Waals surface area contributed by atoms with Crippen LogP contribution in [-0.4, -0.2) is 20.3 Å². The van der Waals surface area contributed by atoms with Crippen LogP contribution in [0.5, 0.6) is 0 Å². The Labute approximate surface area is 123 Å². The Morgan fingerprint density at radius 1 is 1.29 bits per heavy atom. The van der Waals surface area contributed by atoms with Crippen molar-refractivity contribution in [1.29, 1.82) is 0 Å². The Hall–Kier alpha value is -2.37. The van der Waals surface area contributed by atoms with Gasteiger partial charge < -0.3 is 9.88 Å². The monoisotopic (exact) mass is 288 g/mol. The van der Waals surface area contributed by atoms with E-state index in [1.807, 2.05) is 37.6 Å². The highest BCUT2D eigenvalue weighted by atomic mass is 16.2. The summed E-state index contributed by atoms with van der Waals surface area (Å²) in [6.07, 6.45) is 0.792. The van der Waals surface area contributed by atoms with Gasteiger partial charge in [0.05, 0.1) is 6.54 Å². The third-order valence-corrected chi connectivity index (χ3v) is 3.44. The van der Waals surface area contributed by atoms with Gasteiger partial charge in [0.2, 0.25) is 0 Å². The van der Waals surface area contributed by atoms with Gasteiger partial charge in [0.25, 0.3) is 11.5 Å². The molecule has 0 atom stereocenters. The number of carbonyl (C=O) groups excluding carboxylic acids is 1. The van der Waals surface area contributed by atoms with Crippen LogP contribution < -0.4 is 10.9 Å². The molecule has 0 fully saturated rings. The molecule has 0 aliphatic rings. The molecular formula is C15H20N4O2. The molecule has 0 bridgehead atoms. The second-order valence-corrected chi connectivity index (χ2v) is 4.99. The summed E-state index contributed by atoms with van der Waals surface area (Å²) >= 11 is 0. The van der Waals surface area contributed by atoms with Gasteiger partial charge in [-0.3, -0.25) is 9.59 Å². The van der Waals surface area contributed by atoms with Crippen LogP contribution in [0.15, 0.2) is 29.1 Å². The second-order valence-electron chi connectivity index (χ2n) is 4.99. The molecule has 21 heavy (non-hydrogen) atoms. The molecule has 112 valence electrons. The highest BCUT2D eigenvalue weighted by Gasteiger charge is 2.10. The van der Waals surface area contributed by atoms with E-state index in [1.165, 1.54) is 16.8 Å². The molecule has 2 rings (SSSR count). The normalized spacial score (nSPS) is 10.6. The van der Waals surface area contributed by atoms with Crippen LogP contribution in [0.25, 0.3) is 0 Å². The number of amides is 1. The van der Waals surface area contributed by atoms with Gasteiger partial charge >= 0.3 is 0 Å². The van der Waals surface area contributed by atoms with E-state index in [-0.39, 0.29) is 17.2 Å². The van der Waals surface area contributed by atoms with Gasteiger partial charge in [-0.15, -0.1) is 0 Å². The average Bonchev–Trinajstić information content (AvgIpc) is 2.79. The number of nitrogens with one attached hydrogen (secondary N) is 1. The fourth-order valence-corrected chi connectivity index (χ4v) is 2.05. The number of nitrogens with zero attached hydrogens (tertiary/aromatic N) is 3. The molecule has 0 saturated heterocycles. The van der Waals surface area contributed by atoms with E-state index in [9.17, 15) is 9.59 Å². The van der Waals surface area contributed by atoms with E-state index in [1.54, 1.807) is 0 Å². The summed E-state index contributed by atoms with van der Waals surface area (Å²) in [6.45, 7) is 4.90. The van der Waals surface area contributed by atoms with E-state index >= 15 is 0 Å². The van der Waals surface area contributed by atoms with Crippen molar-refractivity contribution in [1.82, 2.24) is 19.7 Å². The molecule has 0 aromatic carbocycles. The first kappa shape index (κ1) is 15.0. The molecule has 2 aromatic heterocycles. The maximum absolute atomic E-state index is 12.1. The molecule has 6 nitrogen and oxygen atoms in total. The summed E-state index contributed by atoms with van der Waals surface area (Å²) in [5.74, 6) is -0.279. The lowest BCUT2D eigenvalue weighted by molar-refractivity contribution is 0.0942. The zero-order valence-corrected chi connectivity index (χ0v) is 12.6. The lowest BCUT2D eigenvalue weighted by Gasteiger charge is -2.08. The number of carbonyl (C=O) groups is 1. The number of aromatic nitrogens is 3. The predicted octanol–water partition coefficient (Wildman–Crippen LogP) is 1.23. The predicted molar refractivity (Wildman–Crippen MR) is 80.1 cm³/mol. The average molecular weight is 288 g/mol. The smallest absolute Gasteiger partial charge is 0.272 e. The van der Waals surface area contributed by atoms with Crippen LogP contribution in [0.4, 0.5) is 0 Å². The van der Waals surface area contributed by atoms with Crippen molar-refractivity contribution < 1.29 is 4.79 Å². The fraction of sp³-hybridized carbons (Fsp3) is 0.400. The molecule has 0 saturated carbocycles. The molecule has 1 N–H and O–H groups in total. The molecule has 0 radical (unpaired) electrons. The van der Waals surface area contributed by atoms with E-state index in [0.717, 1.165) is 17.8 Å². The quantitative estimate of drug-likeness (QED) is 0.899. The maximum Gasteiger partial charge on any atom is 0.272 e. The molecule has 0 unspecified atom stereocenters. The first-order valence-corrected chi connectivity index (χ1v) is 7.00. The molecule has 0 aliphatic carbocycles. The Morgan fingerprint density at radius 2 is 2.05 bits per heavy atom. The lowest BCUT2D eigenvalue weighted by atomic mass is 10.3. The third-order valence-electron chi connectivity index (χ3n) is 3.44. The number of rotatable bonds is 5. The minimum absolute atomic E-state index is 0.188. The molecule has 0 aliphatic heterocycles. The minimum atomic E-state index is -0.279. The van der Waals surface area contributed by atoms with E-state index in [2.05, 4.69) is 10.4 Å². The molecular weight excluding hydrogens is 268 g/mol. The van der Waals surface area contributed by atoms with Gasteiger partial charge in [0.15, 0.2) is 0 Å². The van der Waals surface area contributed by atoms with Crippen molar-refractivity contribution in [3.63, 3.8) is 0 Å². The molecule has 0 spiro atoms. The van der Waals surface area contributed by atoms with Crippen molar-refractivity contribution >= 4 is 5.91 Å². The van der Waals surface area contributed by atoms with Crippen LogP contribution in [0.3, 0.4) is 0 Å². The molecule has 2 heterocycles. The van der Waals surface area contributed by atoms with Gasteiger partial charge in [0, 0.05) is 31.0 Å². The summed E-state index contributed by atoms with van der Waals surface area (Å²) in [6, 6.07) is 6.81. The molecule has 6 heteroatoms. The van der Waals surface area contributed by atoms with Crippen molar-refractivity contribution in [2.75, 3.05) is 0 Å². The van der Waals surface area contributed by atoms with Crippen LogP contribution in [0, 0.1) is 6.92 Å². The summed E-state index contributed by atoms with van der Waals surface area (Å²) in [5.41, 5.74) is 2.22. The SMILES string of the molecule is CCCn1nc(C(=O)NCc2ccc(C)n2C)ccc1=O. The first-order valence-electron chi connectivity index (χ1n) is 7.00. The van der Waals surface area contributed by atoms with Crippen LogP contribution in [0.2, 0.25) is 0 Å². The Morgan fingerprint density at radius 3 is 2.67 bits per heavy atom. The van der Waals surface area contributed by atoms with Crippen molar-refractivity contribution in [3.8, 4) is 0 Å². The van der Waals surface area contributed by atoms with Gasteiger partial charge in [0.1, 0.15) is 5.69 Å². The van der Waals surface area contributed by atoms with E-state index < -0.39 is 0 Å². The van der Waals surface area contributed by atoms with Gasteiger partial charge in [-0.05, 0) is 31.5 Å². The van der Waals surface area contributed by atoms with Crippen molar-refractivity contribution in [2.45, 2.75) is 33.4 Å². The fourth-order valence-electron chi connectivity index (χ4n) is 2.05. The highest BCUT2D eigenvalue weighted by molar-refractivity contribution is 5.91. The lowest BCUT2D eigenvalue weighted by Crippen LogP contribution is -2.29. The summed E-state index contributed by atoms with van der Waals surface area (Å²) in [5, 5.41) is 6.91. The van der Waals surface area contributed by atoms with Gasteiger partial charge in [-0.1, -0.05) is 6.92 Å². The second kappa shape index (κ2) is 6.39. The van der Waals surface area contributed by atoms with E-state index in [4.69, 9.17) is 0 Å². The number of hydrogen-bond donors (Lipinski definition) is 1. The van der Waals surface area contributed by atoms with Gasteiger partial charge in [-0.2, -0.15) is 5.10 Å². The Kier molecular flexibility index (Phi) is 4.57. The van der Waals surface area contributed by atoms with E-state index in [0.29, 0.717) is 13.1 Å². The Balaban J connectivity index is 2.08. The summed E-state index contributed by atoms with van der Waals surface area (Å²) in [7, 11) is 1.95. The summed E-state index contributed by atoms with van der Waals surface area (Å²) < 4.78 is 3.34. The van der Waals surface area contributed by atoms with Gasteiger partial charge in [-0.25, -0.2) is 4.68 Å². The van der Waals surface area contributed by atoms with Crippen LogP contribution in [0.1, 0.15) is 35.2 Å². The first-order chi connectivity index (χ1) is 10.0. The number of hydrogen-bond acceptors (Lipinski definition) is 3. The maximum atomic E-state index is 12.1. The zero-order chi connectivity index (χ0) is 15.4. The van der Waals surface area contributed by atoms with Crippen molar-refractivity contribution in [3.05, 3.63) is 51.7 Å². The van der Waals surface area contributed by atoms with Crippen molar-refractivity contribution in [2.24, 2.45) is 7.05 Å². The third kappa shape index (κ3) is 3.39. The summed E-state index contributed by atoms with van der Waals surface area (Å²) in [4.78, 5) is 23.7. The Bertz CT molecular complexity index is 700. The largest absolute Gasteiger partial charge is 0.350 e. The van der Waals surface area contributed by atoms with Crippen LogP contribution in [-0.2, 0) is 20.1 Å². The molecule has 2 aromatic rings. The zero-order valence-electron chi connectivity index (χ0n) is 12.6. The highest BCUT2D eigenvalue weighted by Crippen LogP contribution is 2.05.